The monoisotopic (exact) mass is 337 g/mol. The highest BCUT2D eigenvalue weighted by Crippen LogP contribution is 2.28. The molecule has 0 atom stereocenters. The van der Waals surface area contributed by atoms with E-state index in [0.29, 0.717) is 18.0 Å². The van der Waals surface area contributed by atoms with Crippen LogP contribution in [0.2, 0.25) is 0 Å². The summed E-state index contributed by atoms with van der Waals surface area (Å²) in [5.41, 5.74) is 2.89. The van der Waals surface area contributed by atoms with Crippen LogP contribution in [-0.4, -0.2) is 33.3 Å². The van der Waals surface area contributed by atoms with Crippen LogP contribution in [0.15, 0.2) is 61.8 Å². The first-order valence-electron chi connectivity index (χ1n) is 7.70. The molecule has 1 aromatic carbocycles. The van der Waals surface area contributed by atoms with Crippen LogP contribution >= 0.6 is 11.3 Å². The number of rotatable bonds is 6. The molecule has 0 radical (unpaired) electrons. The van der Waals surface area contributed by atoms with Gasteiger partial charge in [0.1, 0.15) is 4.88 Å². The first-order chi connectivity index (χ1) is 11.7. The van der Waals surface area contributed by atoms with Gasteiger partial charge in [-0.05, 0) is 6.92 Å². The minimum Gasteiger partial charge on any atom is -0.330 e. The SMILES string of the molecule is C=CCN(CC=C)C(=O)c1sc2nc(-c3ccccc3)cn2c1C. The second kappa shape index (κ2) is 6.84. The van der Waals surface area contributed by atoms with Crippen molar-refractivity contribution in [3.05, 3.63) is 72.4 Å². The maximum absolute atomic E-state index is 12.8. The third-order valence-electron chi connectivity index (χ3n) is 3.81. The highest BCUT2D eigenvalue weighted by atomic mass is 32.1. The van der Waals surface area contributed by atoms with Crippen molar-refractivity contribution in [2.75, 3.05) is 13.1 Å². The summed E-state index contributed by atoms with van der Waals surface area (Å²) >= 11 is 1.42. The number of thiazole rings is 1. The lowest BCUT2D eigenvalue weighted by molar-refractivity contribution is 0.0794. The smallest absolute Gasteiger partial charge is 0.266 e. The van der Waals surface area contributed by atoms with E-state index in [9.17, 15) is 4.79 Å². The minimum atomic E-state index is -0.0101. The van der Waals surface area contributed by atoms with Gasteiger partial charge in [-0.2, -0.15) is 0 Å². The molecule has 3 aromatic rings. The van der Waals surface area contributed by atoms with Crippen LogP contribution in [0.25, 0.3) is 16.2 Å². The predicted octanol–water partition coefficient (Wildman–Crippen LogP) is 4.19. The van der Waals surface area contributed by atoms with Crippen molar-refractivity contribution < 1.29 is 4.79 Å². The average Bonchev–Trinajstić information content (AvgIpc) is 3.15. The van der Waals surface area contributed by atoms with Crippen LogP contribution in [0.3, 0.4) is 0 Å². The average molecular weight is 337 g/mol. The number of amides is 1. The molecule has 0 unspecified atom stereocenters. The molecular weight excluding hydrogens is 318 g/mol. The molecule has 4 nitrogen and oxygen atoms in total. The van der Waals surface area contributed by atoms with Gasteiger partial charge in [-0.3, -0.25) is 9.20 Å². The second-order valence-electron chi connectivity index (χ2n) is 5.45. The number of hydrogen-bond acceptors (Lipinski definition) is 3. The van der Waals surface area contributed by atoms with Gasteiger partial charge in [0, 0.05) is 30.5 Å². The van der Waals surface area contributed by atoms with Gasteiger partial charge in [0.15, 0.2) is 4.96 Å². The zero-order chi connectivity index (χ0) is 17.1. The summed E-state index contributed by atoms with van der Waals surface area (Å²) in [7, 11) is 0. The summed E-state index contributed by atoms with van der Waals surface area (Å²) in [6.45, 7) is 10.4. The summed E-state index contributed by atoms with van der Waals surface area (Å²) in [6.07, 6.45) is 5.44. The van der Waals surface area contributed by atoms with Gasteiger partial charge in [0.05, 0.1) is 5.69 Å². The van der Waals surface area contributed by atoms with E-state index in [2.05, 4.69) is 18.1 Å². The zero-order valence-electron chi connectivity index (χ0n) is 13.6. The fourth-order valence-electron chi connectivity index (χ4n) is 2.59. The molecule has 0 aliphatic heterocycles. The number of carbonyl (C=O) groups excluding carboxylic acids is 1. The van der Waals surface area contributed by atoms with E-state index < -0.39 is 0 Å². The number of aromatic nitrogens is 2. The van der Waals surface area contributed by atoms with Crippen molar-refractivity contribution in [2.24, 2.45) is 0 Å². The number of aryl methyl sites for hydroxylation is 1. The van der Waals surface area contributed by atoms with Gasteiger partial charge in [-0.1, -0.05) is 53.8 Å². The first-order valence-corrected chi connectivity index (χ1v) is 8.52. The molecule has 0 spiro atoms. The highest BCUT2D eigenvalue weighted by molar-refractivity contribution is 7.19. The van der Waals surface area contributed by atoms with E-state index in [0.717, 1.165) is 21.9 Å². The molecule has 0 aliphatic rings. The number of nitrogens with zero attached hydrogens (tertiary/aromatic N) is 3. The molecule has 5 heteroatoms. The number of hydrogen-bond donors (Lipinski definition) is 0. The Morgan fingerprint density at radius 3 is 2.50 bits per heavy atom. The first kappa shape index (κ1) is 16.2. The van der Waals surface area contributed by atoms with E-state index in [4.69, 9.17) is 0 Å². The van der Waals surface area contributed by atoms with Crippen molar-refractivity contribution in [1.29, 1.82) is 0 Å². The Hall–Kier alpha value is -2.66. The van der Waals surface area contributed by atoms with Gasteiger partial charge in [-0.25, -0.2) is 4.98 Å². The van der Waals surface area contributed by atoms with E-state index in [1.807, 2.05) is 47.9 Å². The maximum Gasteiger partial charge on any atom is 0.266 e. The second-order valence-corrected chi connectivity index (χ2v) is 6.43. The van der Waals surface area contributed by atoms with Crippen LogP contribution in [0.1, 0.15) is 15.4 Å². The van der Waals surface area contributed by atoms with Crippen LogP contribution in [0.5, 0.6) is 0 Å². The normalized spacial score (nSPS) is 10.7. The van der Waals surface area contributed by atoms with Gasteiger partial charge in [-0.15, -0.1) is 13.2 Å². The highest BCUT2D eigenvalue weighted by Gasteiger charge is 2.21. The summed E-state index contributed by atoms with van der Waals surface area (Å²) < 4.78 is 1.99. The van der Waals surface area contributed by atoms with Crippen LogP contribution in [0, 0.1) is 6.92 Å². The topological polar surface area (TPSA) is 37.6 Å². The molecular formula is C19H19N3OS. The molecule has 0 saturated heterocycles. The Morgan fingerprint density at radius 2 is 1.92 bits per heavy atom. The molecule has 2 heterocycles. The standard InChI is InChI=1S/C19H19N3OS/c1-4-11-21(12-5-2)18(23)17-14(3)22-13-16(20-19(22)24-17)15-9-7-6-8-10-15/h4-10,13H,1-2,11-12H2,3H3. The Labute approximate surface area is 145 Å². The van der Waals surface area contributed by atoms with Gasteiger partial charge in [0.2, 0.25) is 0 Å². The number of benzene rings is 1. The van der Waals surface area contributed by atoms with Crippen molar-refractivity contribution in [1.82, 2.24) is 14.3 Å². The summed E-state index contributed by atoms with van der Waals surface area (Å²) in [4.78, 5) is 20.7. The molecule has 3 rings (SSSR count). The molecule has 24 heavy (non-hydrogen) atoms. The van der Waals surface area contributed by atoms with Crippen LogP contribution in [-0.2, 0) is 0 Å². The summed E-state index contributed by atoms with van der Waals surface area (Å²) in [6, 6.07) is 10.0. The van der Waals surface area contributed by atoms with Crippen molar-refractivity contribution in [2.45, 2.75) is 6.92 Å². The summed E-state index contributed by atoms with van der Waals surface area (Å²) in [5, 5.41) is 0. The lowest BCUT2D eigenvalue weighted by Crippen LogP contribution is -2.31. The van der Waals surface area contributed by atoms with E-state index in [1.165, 1.54) is 11.3 Å². The number of imidazole rings is 1. The van der Waals surface area contributed by atoms with Crippen LogP contribution in [0.4, 0.5) is 0 Å². The number of carbonyl (C=O) groups is 1. The van der Waals surface area contributed by atoms with Crippen LogP contribution < -0.4 is 0 Å². The summed E-state index contributed by atoms with van der Waals surface area (Å²) in [5.74, 6) is -0.0101. The Kier molecular flexibility index (Phi) is 4.62. The molecule has 2 aromatic heterocycles. The third-order valence-corrected chi connectivity index (χ3v) is 4.95. The van der Waals surface area contributed by atoms with Crippen molar-refractivity contribution >= 4 is 22.2 Å². The maximum atomic E-state index is 12.8. The lowest BCUT2D eigenvalue weighted by atomic mass is 10.2. The molecule has 122 valence electrons. The number of fused-ring (bicyclic) bond motifs is 1. The van der Waals surface area contributed by atoms with E-state index in [1.54, 1.807) is 17.1 Å². The van der Waals surface area contributed by atoms with Gasteiger partial charge < -0.3 is 4.90 Å². The molecule has 1 amide bonds. The van der Waals surface area contributed by atoms with Gasteiger partial charge >= 0.3 is 0 Å². The molecule has 0 bridgehead atoms. The minimum absolute atomic E-state index is 0.0101. The Morgan fingerprint density at radius 1 is 1.25 bits per heavy atom. The third kappa shape index (κ3) is 2.90. The largest absolute Gasteiger partial charge is 0.330 e. The quantitative estimate of drug-likeness (QED) is 0.633. The Balaban J connectivity index is 1.98. The molecule has 0 fully saturated rings. The van der Waals surface area contributed by atoms with Gasteiger partial charge in [0.25, 0.3) is 5.91 Å². The van der Waals surface area contributed by atoms with E-state index >= 15 is 0 Å². The fourth-order valence-corrected chi connectivity index (χ4v) is 3.67. The van der Waals surface area contributed by atoms with Crippen molar-refractivity contribution in [3.63, 3.8) is 0 Å². The molecule has 0 saturated carbocycles. The lowest BCUT2D eigenvalue weighted by Gasteiger charge is -2.18. The molecule has 0 N–H and O–H groups in total. The van der Waals surface area contributed by atoms with E-state index in [-0.39, 0.29) is 5.91 Å². The Bertz CT molecular complexity index is 882. The fraction of sp³-hybridized carbons (Fsp3) is 0.158. The van der Waals surface area contributed by atoms with Crippen molar-refractivity contribution in [3.8, 4) is 11.3 Å². The zero-order valence-corrected chi connectivity index (χ0v) is 14.4. The molecule has 0 aliphatic carbocycles. The predicted molar refractivity (Wildman–Crippen MR) is 99.5 cm³/mol.